The smallest absolute Gasteiger partial charge is 0.257 e. The van der Waals surface area contributed by atoms with Crippen molar-refractivity contribution in [3.63, 3.8) is 0 Å². The summed E-state index contributed by atoms with van der Waals surface area (Å²) in [5, 5.41) is 3.26. The van der Waals surface area contributed by atoms with Crippen LogP contribution in [0.5, 0.6) is 11.5 Å². The number of benzene rings is 3. The molecule has 0 aliphatic heterocycles. The second-order valence-corrected chi connectivity index (χ2v) is 6.19. The maximum absolute atomic E-state index is 12.3. The molecule has 0 saturated carbocycles. The first kappa shape index (κ1) is 17.1. The number of amides is 1. The van der Waals surface area contributed by atoms with Crippen molar-refractivity contribution >= 4 is 23.2 Å². The predicted octanol–water partition coefficient (Wildman–Crippen LogP) is 6.00. The van der Waals surface area contributed by atoms with Crippen LogP contribution >= 0.6 is 11.6 Å². The van der Waals surface area contributed by atoms with E-state index in [1.54, 1.807) is 36.4 Å². The molecule has 0 unspecified atom stereocenters. The van der Waals surface area contributed by atoms with Crippen molar-refractivity contribution < 1.29 is 9.53 Å². The Bertz CT molecular complexity index is 884. The first-order valence-corrected chi connectivity index (χ1v) is 8.32. The molecule has 0 fully saturated rings. The molecular weight excluding hydrogens is 334 g/mol. The molecule has 0 bridgehead atoms. The van der Waals surface area contributed by atoms with Crippen molar-refractivity contribution in [1.29, 1.82) is 0 Å². The minimum absolute atomic E-state index is 0.242. The average Bonchev–Trinajstić information content (AvgIpc) is 2.60. The second kappa shape index (κ2) is 7.41. The Morgan fingerprint density at radius 2 is 1.52 bits per heavy atom. The van der Waals surface area contributed by atoms with Crippen LogP contribution in [0.4, 0.5) is 5.69 Å². The Labute approximate surface area is 152 Å². The van der Waals surface area contributed by atoms with E-state index in [0.29, 0.717) is 22.0 Å². The van der Waals surface area contributed by atoms with Crippen LogP contribution in [-0.4, -0.2) is 5.91 Å². The molecule has 0 atom stereocenters. The normalized spacial score (nSPS) is 10.4. The van der Waals surface area contributed by atoms with Crippen LogP contribution in [0, 0.1) is 13.8 Å². The van der Waals surface area contributed by atoms with Gasteiger partial charge in [0.25, 0.3) is 5.91 Å². The lowest BCUT2D eigenvalue weighted by atomic mass is 10.1. The highest BCUT2D eigenvalue weighted by Gasteiger charge is 2.10. The van der Waals surface area contributed by atoms with Gasteiger partial charge >= 0.3 is 0 Å². The van der Waals surface area contributed by atoms with E-state index in [9.17, 15) is 4.79 Å². The number of ether oxygens (including phenoxy) is 1. The molecule has 1 N–H and O–H groups in total. The highest BCUT2D eigenvalue weighted by molar-refractivity contribution is 6.34. The zero-order valence-corrected chi connectivity index (χ0v) is 14.8. The summed E-state index contributed by atoms with van der Waals surface area (Å²) in [5.41, 5.74) is 3.28. The minimum atomic E-state index is -0.242. The van der Waals surface area contributed by atoms with E-state index in [1.807, 2.05) is 44.2 Å². The average molecular weight is 352 g/mol. The van der Waals surface area contributed by atoms with Gasteiger partial charge in [-0.25, -0.2) is 0 Å². The van der Waals surface area contributed by atoms with Gasteiger partial charge in [0.1, 0.15) is 11.5 Å². The number of hydrogen-bond donors (Lipinski definition) is 1. The molecule has 0 radical (unpaired) electrons. The van der Waals surface area contributed by atoms with Gasteiger partial charge in [-0.3, -0.25) is 4.79 Å². The van der Waals surface area contributed by atoms with Gasteiger partial charge in [-0.15, -0.1) is 0 Å². The molecule has 0 aliphatic rings. The van der Waals surface area contributed by atoms with Gasteiger partial charge in [-0.2, -0.15) is 0 Å². The van der Waals surface area contributed by atoms with E-state index in [0.717, 1.165) is 16.9 Å². The molecular formula is C21H18ClNO2. The number of aryl methyl sites for hydroxylation is 2. The Morgan fingerprint density at radius 1 is 0.880 bits per heavy atom. The van der Waals surface area contributed by atoms with Crippen LogP contribution < -0.4 is 10.1 Å². The van der Waals surface area contributed by atoms with Gasteiger partial charge in [-0.05, 0) is 61.4 Å². The third kappa shape index (κ3) is 4.01. The molecule has 3 nitrogen and oxygen atoms in total. The van der Waals surface area contributed by atoms with E-state index in [2.05, 4.69) is 5.32 Å². The fraction of sp³-hybridized carbons (Fsp3) is 0.0952. The maximum atomic E-state index is 12.3. The van der Waals surface area contributed by atoms with Gasteiger partial charge in [0.2, 0.25) is 0 Å². The predicted molar refractivity (Wildman–Crippen MR) is 102 cm³/mol. The number of nitrogens with one attached hydrogen (secondary N) is 1. The van der Waals surface area contributed by atoms with E-state index in [1.165, 1.54) is 0 Å². The molecule has 25 heavy (non-hydrogen) atoms. The van der Waals surface area contributed by atoms with Gasteiger partial charge in [0, 0.05) is 5.69 Å². The summed E-state index contributed by atoms with van der Waals surface area (Å²) in [6.07, 6.45) is 0. The fourth-order valence-electron chi connectivity index (χ4n) is 2.53. The molecule has 0 aromatic heterocycles. The van der Waals surface area contributed by atoms with Crippen molar-refractivity contribution in [2.75, 3.05) is 5.32 Å². The van der Waals surface area contributed by atoms with Gasteiger partial charge in [0.15, 0.2) is 0 Å². The first-order chi connectivity index (χ1) is 12.0. The molecule has 3 rings (SSSR count). The topological polar surface area (TPSA) is 38.3 Å². The molecule has 0 heterocycles. The summed E-state index contributed by atoms with van der Waals surface area (Å²) < 4.78 is 5.97. The standard InChI is InChI=1S/C21H18ClNO2/c1-14-6-5-7-15(2)20(14)25-17-12-10-16(11-13-17)23-21(24)18-8-3-4-9-19(18)22/h3-13H,1-2H3,(H,23,24). The SMILES string of the molecule is Cc1cccc(C)c1Oc1ccc(NC(=O)c2ccccc2Cl)cc1. The Balaban J connectivity index is 1.72. The second-order valence-electron chi connectivity index (χ2n) is 5.78. The van der Waals surface area contributed by atoms with E-state index >= 15 is 0 Å². The fourth-order valence-corrected chi connectivity index (χ4v) is 2.75. The zero-order chi connectivity index (χ0) is 17.8. The third-order valence-corrected chi connectivity index (χ3v) is 4.19. The number of anilines is 1. The van der Waals surface area contributed by atoms with Crippen LogP contribution in [0.15, 0.2) is 66.7 Å². The number of para-hydroxylation sites is 1. The molecule has 0 spiro atoms. The van der Waals surface area contributed by atoms with Crippen molar-refractivity contribution in [3.8, 4) is 11.5 Å². The zero-order valence-electron chi connectivity index (χ0n) is 14.0. The summed E-state index contributed by atoms with van der Waals surface area (Å²) in [6.45, 7) is 4.03. The Hall–Kier alpha value is -2.78. The summed E-state index contributed by atoms with van der Waals surface area (Å²) in [6, 6.07) is 20.2. The van der Waals surface area contributed by atoms with Gasteiger partial charge in [0.05, 0.1) is 10.6 Å². The number of hydrogen-bond acceptors (Lipinski definition) is 2. The van der Waals surface area contributed by atoms with Crippen molar-refractivity contribution in [2.45, 2.75) is 13.8 Å². The van der Waals surface area contributed by atoms with Gasteiger partial charge in [-0.1, -0.05) is 41.9 Å². The van der Waals surface area contributed by atoms with Crippen LogP contribution in [0.3, 0.4) is 0 Å². The van der Waals surface area contributed by atoms with Crippen LogP contribution in [0.2, 0.25) is 5.02 Å². The largest absolute Gasteiger partial charge is 0.457 e. The number of halogens is 1. The van der Waals surface area contributed by atoms with Crippen LogP contribution in [-0.2, 0) is 0 Å². The van der Waals surface area contributed by atoms with Crippen LogP contribution in [0.25, 0.3) is 0 Å². The van der Waals surface area contributed by atoms with E-state index < -0.39 is 0 Å². The maximum Gasteiger partial charge on any atom is 0.257 e. The van der Waals surface area contributed by atoms with Crippen LogP contribution in [0.1, 0.15) is 21.5 Å². The van der Waals surface area contributed by atoms with Gasteiger partial charge < -0.3 is 10.1 Å². The van der Waals surface area contributed by atoms with E-state index in [4.69, 9.17) is 16.3 Å². The minimum Gasteiger partial charge on any atom is -0.457 e. The van der Waals surface area contributed by atoms with E-state index in [-0.39, 0.29) is 5.91 Å². The van der Waals surface area contributed by atoms with Crippen molar-refractivity contribution in [3.05, 3.63) is 88.4 Å². The monoisotopic (exact) mass is 351 g/mol. The molecule has 3 aromatic carbocycles. The lowest BCUT2D eigenvalue weighted by Gasteiger charge is -2.12. The lowest BCUT2D eigenvalue weighted by molar-refractivity contribution is 0.102. The summed E-state index contributed by atoms with van der Waals surface area (Å²) in [5.74, 6) is 1.33. The molecule has 0 saturated heterocycles. The number of rotatable bonds is 4. The Kier molecular flexibility index (Phi) is 5.05. The number of carbonyl (C=O) groups excluding carboxylic acids is 1. The molecule has 126 valence electrons. The molecule has 0 aliphatic carbocycles. The van der Waals surface area contributed by atoms with Crippen molar-refractivity contribution in [2.24, 2.45) is 0 Å². The highest BCUT2D eigenvalue weighted by Crippen LogP contribution is 2.29. The lowest BCUT2D eigenvalue weighted by Crippen LogP contribution is -2.12. The van der Waals surface area contributed by atoms with Crippen molar-refractivity contribution in [1.82, 2.24) is 0 Å². The first-order valence-electron chi connectivity index (χ1n) is 7.94. The molecule has 3 aromatic rings. The number of carbonyl (C=O) groups is 1. The quantitative estimate of drug-likeness (QED) is 0.625. The molecule has 1 amide bonds. The third-order valence-electron chi connectivity index (χ3n) is 3.86. The summed E-state index contributed by atoms with van der Waals surface area (Å²) in [4.78, 5) is 12.3. The summed E-state index contributed by atoms with van der Waals surface area (Å²) >= 11 is 6.05. The summed E-state index contributed by atoms with van der Waals surface area (Å²) in [7, 11) is 0. The highest BCUT2D eigenvalue weighted by atomic mass is 35.5. The Morgan fingerprint density at radius 3 is 2.16 bits per heavy atom. The molecule has 4 heteroatoms.